The van der Waals surface area contributed by atoms with E-state index in [2.05, 4.69) is 6.58 Å². The first-order valence-corrected chi connectivity index (χ1v) is 10.9. The van der Waals surface area contributed by atoms with Gasteiger partial charge < -0.3 is 4.74 Å². The van der Waals surface area contributed by atoms with Gasteiger partial charge in [-0.05, 0) is 44.2 Å². The van der Waals surface area contributed by atoms with Crippen LogP contribution in [0.25, 0.3) is 0 Å². The molecule has 4 fully saturated rings. The Balaban J connectivity index is 1.76. The van der Waals surface area contributed by atoms with Crippen molar-refractivity contribution in [2.75, 3.05) is 6.16 Å². The summed E-state index contributed by atoms with van der Waals surface area (Å²) in [7, 11) is -6.33. The molecule has 0 aliphatic heterocycles. The number of hydrogen-bond donors (Lipinski definition) is 0. The van der Waals surface area contributed by atoms with Crippen LogP contribution in [0.5, 0.6) is 0 Å². The molecule has 4 nitrogen and oxygen atoms in total. The molecule has 6 atom stereocenters. The fourth-order valence-corrected chi connectivity index (χ4v) is 7.66. The highest BCUT2D eigenvalue weighted by molar-refractivity contribution is 8.44. The summed E-state index contributed by atoms with van der Waals surface area (Å²) < 4.78 is 65.8. The monoisotopic (exact) mass is 370 g/mol. The zero-order valence-corrected chi connectivity index (χ0v) is 14.3. The van der Waals surface area contributed by atoms with Crippen molar-refractivity contribution in [3.05, 3.63) is 12.2 Å². The molecule has 9 heteroatoms. The summed E-state index contributed by atoms with van der Waals surface area (Å²) >= 11 is 0. The van der Waals surface area contributed by atoms with Gasteiger partial charge in [-0.15, -0.1) is 0 Å². The smallest absolute Gasteiger partial charge is 0.455 e. The molecule has 0 aromatic heterocycles. The molecule has 4 saturated carbocycles. The minimum Gasteiger partial charge on any atom is -0.455 e. The largest absolute Gasteiger partial charge is 0.500 e. The van der Waals surface area contributed by atoms with Crippen LogP contribution in [0.1, 0.15) is 26.2 Å². The lowest BCUT2D eigenvalue weighted by Gasteiger charge is -2.52. The molecule has 0 aromatic rings. The molecule has 0 spiro atoms. The Morgan fingerprint density at radius 2 is 2.04 bits per heavy atom. The van der Waals surface area contributed by atoms with Crippen molar-refractivity contribution in [3.8, 4) is 0 Å². The zero-order chi connectivity index (χ0) is 17.2. The molecule has 4 aliphatic rings. The van der Waals surface area contributed by atoms with Crippen molar-refractivity contribution in [1.29, 1.82) is 0 Å². The Morgan fingerprint density at radius 3 is 2.57 bits per heavy atom. The van der Waals surface area contributed by atoms with Gasteiger partial charge in [-0.1, -0.05) is 6.58 Å². The Hall–Kier alpha value is -0.620. The lowest BCUT2D eigenvalue weighted by molar-refractivity contribution is -0.191. The van der Waals surface area contributed by atoms with Crippen molar-refractivity contribution in [2.45, 2.75) is 37.3 Å². The Bertz CT molecular complexity index is 651. The number of hydrogen-bond acceptors (Lipinski definition) is 4. The second-order valence-corrected chi connectivity index (χ2v) is 11.4. The SMILES string of the molecule is C=C(C)C(=O)OC12C3CCC1C(C3)C2CPS(=O)(=O)C(F)(F)F. The molecule has 23 heavy (non-hydrogen) atoms. The molecule has 4 bridgehead atoms. The van der Waals surface area contributed by atoms with E-state index in [1.54, 1.807) is 0 Å². The maximum Gasteiger partial charge on any atom is 0.500 e. The molecule has 0 N–H and O–H groups in total. The van der Waals surface area contributed by atoms with Gasteiger partial charge in [0.2, 0.25) is 0 Å². The van der Waals surface area contributed by atoms with Gasteiger partial charge in [0.05, 0.1) is 0 Å². The van der Waals surface area contributed by atoms with Crippen LogP contribution >= 0.6 is 7.78 Å². The third-order valence-corrected chi connectivity index (χ3v) is 9.56. The third-order valence-electron chi connectivity index (χ3n) is 5.63. The van der Waals surface area contributed by atoms with E-state index < -0.39 is 34.3 Å². The third kappa shape index (κ3) is 2.36. The molecule has 4 rings (SSSR count). The number of halogens is 3. The fourth-order valence-electron chi connectivity index (χ4n) is 4.79. The van der Waals surface area contributed by atoms with Crippen LogP contribution in [0, 0.1) is 23.7 Å². The van der Waals surface area contributed by atoms with E-state index in [-0.39, 0.29) is 35.4 Å². The lowest BCUT2D eigenvalue weighted by Crippen LogP contribution is -2.58. The number of ether oxygens (including phenoxy) is 1. The fraction of sp³-hybridized carbons (Fsp3) is 0.786. The van der Waals surface area contributed by atoms with Crippen LogP contribution in [0.4, 0.5) is 13.2 Å². The maximum absolute atomic E-state index is 12.5. The van der Waals surface area contributed by atoms with Crippen LogP contribution in [-0.4, -0.2) is 31.7 Å². The van der Waals surface area contributed by atoms with E-state index in [0.29, 0.717) is 0 Å². The van der Waals surface area contributed by atoms with Gasteiger partial charge >= 0.3 is 11.5 Å². The number of rotatable bonds is 5. The van der Waals surface area contributed by atoms with E-state index in [4.69, 9.17) is 4.74 Å². The zero-order valence-electron chi connectivity index (χ0n) is 12.5. The number of carbonyl (C=O) groups is 1. The van der Waals surface area contributed by atoms with E-state index >= 15 is 0 Å². The first kappa shape index (κ1) is 17.2. The van der Waals surface area contributed by atoms with Crippen molar-refractivity contribution in [1.82, 2.24) is 0 Å². The lowest BCUT2D eigenvalue weighted by atomic mass is 9.61. The number of alkyl halides is 3. The highest BCUT2D eigenvalue weighted by Crippen LogP contribution is 2.73. The van der Waals surface area contributed by atoms with Crippen molar-refractivity contribution >= 4 is 23.2 Å². The normalized spacial score (nSPS) is 38.8. The molecule has 0 radical (unpaired) electrons. The van der Waals surface area contributed by atoms with Crippen molar-refractivity contribution in [2.24, 2.45) is 23.7 Å². The Labute approximate surface area is 134 Å². The summed E-state index contributed by atoms with van der Waals surface area (Å²) in [6.45, 7) is 5.07. The molecular weight excluding hydrogens is 352 g/mol. The van der Waals surface area contributed by atoms with Crippen LogP contribution in [0.15, 0.2) is 12.2 Å². The van der Waals surface area contributed by atoms with Crippen LogP contribution in [-0.2, 0) is 19.0 Å². The van der Waals surface area contributed by atoms with E-state index in [1.807, 2.05) is 0 Å². The highest BCUT2D eigenvalue weighted by atomic mass is 32.8. The summed E-state index contributed by atoms with van der Waals surface area (Å²) in [6, 6.07) is 0. The van der Waals surface area contributed by atoms with E-state index in [9.17, 15) is 26.4 Å². The topological polar surface area (TPSA) is 60.4 Å². The number of carbonyl (C=O) groups excluding carboxylic acids is 1. The van der Waals surface area contributed by atoms with Gasteiger partial charge in [-0.2, -0.15) is 13.2 Å². The van der Waals surface area contributed by atoms with Crippen molar-refractivity contribution in [3.63, 3.8) is 0 Å². The van der Waals surface area contributed by atoms with Crippen LogP contribution in [0.2, 0.25) is 0 Å². The quantitative estimate of drug-likeness (QED) is 0.424. The summed E-state index contributed by atoms with van der Waals surface area (Å²) in [5.74, 6) is -0.320. The predicted octanol–water partition coefficient (Wildman–Crippen LogP) is 3.05. The summed E-state index contributed by atoms with van der Waals surface area (Å²) in [6.07, 6.45) is 2.51. The highest BCUT2D eigenvalue weighted by Gasteiger charge is 2.76. The summed E-state index contributed by atoms with van der Waals surface area (Å²) in [4.78, 5) is 11.9. The number of esters is 1. The average molecular weight is 370 g/mol. The van der Waals surface area contributed by atoms with E-state index in [0.717, 1.165) is 19.3 Å². The molecule has 0 saturated heterocycles. The van der Waals surface area contributed by atoms with Gasteiger partial charge in [-0.25, -0.2) is 13.2 Å². The standard InChI is InChI=1S/C14H18F3O4PS/c1-7(2)12(18)21-13-8-3-4-10(13)9(5-8)11(13)6-22-23(19,20)14(15,16)17/h8-11,22H,1,3-6H2,2H3. The first-order chi connectivity index (χ1) is 10.5. The minimum absolute atomic E-state index is 0.0804. The molecule has 0 aromatic carbocycles. The second kappa shape index (κ2) is 5.19. The Kier molecular flexibility index (Phi) is 3.88. The van der Waals surface area contributed by atoms with Crippen molar-refractivity contribution < 1.29 is 31.1 Å². The van der Waals surface area contributed by atoms with Gasteiger partial charge in [0.15, 0.2) is 0 Å². The Morgan fingerprint density at radius 1 is 1.39 bits per heavy atom. The van der Waals surface area contributed by atoms with Crippen LogP contribution in [0.3, 0.4) is 0 Å². The maximum atomic E-state index is 12.5. The molecular formula is C14H18F3O4PS. The summed E-state index contributed by atoms with van der Waals surface area (Å²) in [5, 5.41) is 0. The average Bonchev–Trinajstić information content (AvgIpc) is 2.98. The predicted molar refractivity (Wildman–Crippen MR) is 79.6 cm³/mol. The van der Waals surface area contributed by atoms with Gasteiger partial charge in [-0.3, -0.25) is 0 Å². The molecule has 0 heterocycles. The van der Waals surface area contributed by atoms with Gasteiger partial charge in [0, 0.05) is 25.2 Å². The molecule has 6 unspecified atom stereocenters. The summed E-state index contributed by atoms with van der Waals surface area (Å²) in [5.41, 5.74) is -5.72. The van der Waals surface area contributed by atoms with E-state index in [1.165, 1.54) is 6.92 Å². The van der Waals surface area contributed by atoms with Gasteiger partial charge in [0.25, 0.3) is 9.46 Å². The second-order valence-electron chi connectivity index (χ2n) is 6.71. The minimum atomic E-state index is -5.21. The molecule has 4 aliphatic carbocycles. The molecule has 0 amide bonds. The first-order valence-electron chi connectivity index (χ1n) is 7.45. The van der Waals surface area contributed by atoms with Crippen LogP contribution < -0.4 is 0 Å². The molecule has 130 valence electrons. The van der Waals surface area contributed by atoms with Gasteiger partial charge in [0.1, 0.15) is 5.60 Å².